The number of carbonyl (C=O) groups excluding carboxylic acids is 18. The van der Waals surface area contributed by atoms with Crippen molar-refractivity contribution < 1.29 is 101 Å². The molecule has 3 rings (SSSR count). The molecule has 3 aromatic carbocycles. The minimum atomic E-state index is -0.812. The number of ether oxygens (including phenoxy) is 3. The van der Waals surface area contributed by atoms with E-state index in [4.69, 9.17) is 37.1 Å². The first-order chi connectivity index (χ1) is 61.6. The minimum absolute atomic E-state index is 0.00270. The van der Waals surface area contributed by atoms with Gasteiger partial charge in [-0.25, -0.2) is 19.2 Å². The molecule has 17 N–H and O–H groups in total. The number of benzene rings is 3. The molecule has 0 aromatic heterocycles. The standard InChI is InChI=1S/C30H46N4O7.C27H42N4O6.C25H39N3O5.C17H32N2O3/c1-7-23(35)14-15-25(37)34-26(19(2)3)24(36)17-21(9-8-16-32-29(31)40)27(38)33-22-12-10-20(11-13-22)18-41-28(39)30(4,5)6;1-7-22(33)31-23(17(2)3)21(32)15-19(9-8-14-29-26(28)36)24(34)30-20-12-10-18(11-13-20)16-37-25(35)27(4,5)6;1-16(2)17(3)21(29)14-19(8-7-13-27-24(26)32)22(30)28-20-11-9-18(10-12-20)15-33-23(31)25(4,5)6;1-11(2)12(3)14(20)10-13(15(21)17(4,5)6)8-7-9-19-16(18)22/h10-13,19,21,26H,7-9,14-18H2,1-6H3,(H,33,38)(H,34,37)(H3,31,32,40);10-13,17,19,23H,7-9,14-16H2,1-6H3,(H,30,34)(H,31,33)(H3,28,29,36);9-12,16-17,19H,7-8,13-15H2,1-6H3,(H,28,30)(H3,26,27,32);11-13H,7-10H2,1-6H3,(H3,18,19,22)/t;;17-,19+;/m..0./s1. The lowest BCUT2D eigenvalue weighted by Crippen LogP contribution is -2.45. The van der Waals surface area contributed by atoms with E-state index in [0.29, 0.717) is 87.9 Å². The number of nitrogens with two attached hydrogens (primary N) is 4. The maximum atomic E-state index is 13.3. The largest absolute Gasteiger partial charge is 0.460 e. The number of ketones is 6. The van der Waals surface area contributed by atoms with Gasteiger partial charge >= 0.3 is 42.0 Å². The first kappa shape index (κ1) is 122. The number of hydrogen-bond donors (Lipinski definition) is 13. The van der Waals surface area contributed by atoms with Crippen LogP contribution in [0.3, 0.4) is 0 Å². The molecule has 0 radical (unpaired) electrons. The van der Waals surface area contributed by atoms with E-state index in [1.165, 1.54) is 0 Å². The van der Waals surface area contributed by atoms with Crippen LogP contribution < -0.4 is 70.8 Å². The van der Waals surface area contributed by atoms with Crippen molar-refractivity contribution in [1.82, 2.24) is 31.9 Å². The molecule has 13 amide bonds. The molecule has 0 spiro atoms. The van der Waals surface area contributed by atoms with Gasteiger partial charge in [0.25, 0.3) is 0 Å². The topological polar surface area (TPSA) is 547 Å². The Kier molecular flexibility index (Phi) is 56.1. The Hall–Kier alpha value is -11.5. The van der Waals surface area contributed by atoms with Crippen LogP contribution in [0.15, 0.2) is 72.8 Å². The van der Waals surface area contributed by atoms with Crippen molar-refractivity contribution in [1.29, 1.82) is 0 Å². The summed E-state index contributed by atoms with van der Waals surface area (Å²) >= 11 is 0. The highest BCUT2D eigenvalue weighted by atomic mass is 16.5. The zero-order valence-electron chi connectivity index (χ0n) is 83.5. The fourth-order valence-electron chi connectivity index (χ4n) is 12.6. The fraction of sp³-hybridized carbons (Fsp3) is 0.636. The number of urea groups is 4. The van der Waals surface area contributed by atoms with Crippen molar-refractivity contribution >= 4 is 123 Å². The summed E-state index contributed by atoms with van der Waals surface area (Å²) < 4.78 is 15.9. The molecule has 746 valence electrons. The van der Waals surface area contributed by atoms with Gasteiger partial charge in [0.2, 0.25) is 29.5 Å². The van der Waals surface area contributed by atoms with Crippen LogP contribution in [0.5, 0.6) is 0 Å². The molecule has 0 aliphatic heterocycles. The molecular formula is C99H159N13O21. The van der Waals surface area contributed by atoms with Gasteiger partial charge in [0.15, 0.2) is 11.6 Å². The number of esters is 3. The molecular weight excluding hydrogens is 1710 g/mol. The van der Waals surface area contributed by atoms with Crippen molar-refractivity contribution in [3.05, 3.63) is 89.5 Å². The summed E-state index contributed by atoms with van der Waals surface area (Å²) in [6, 6.07) is 16.7. The predicted octanol–water partition coefficient (Wildman–Crippen LogP) is 13.9. The second-order valence-electron chi connectivity index (χ2n) is 39.2. The Balaban J connectivity index is 0.00000178. The Bertz CT molecular complexity index is 4250. The Morgan fingerprint density at radius 1 is 0.316 bits per heavy atom. The number of carbonyl (C=O) groups is 18. The van der Waals surface area contributed by atoms with Gasteiger partial charge in [0.1, 0.15) is 43.0 Å². The van der Waals surface area contributed by atoms with E-state index in [1.807, 2.05) is 76.2 Å². The third-order valence-corrected chi connectivity index (χ3v) is 21.8. The molecule has 0 heterocycles. The van der Waals surface area contributed by atoms with Gasteiger partial charge in [-0.3, -0.25) is 67.1 Å². The summed E-state index contributed by atoms with van der Waals surface area (Å²) in [5.74, 6) is -5.06. The van der Waals surface area contributed by atoms with Gasteiger partial charge in [-0.2, -0.15) is 0 Å². The number of hydrogen-bond acceptors (Lipinski definition) is 21. The summed E-state index contributed by atoms with van der Waals surface area (Å²) in [6.45, 7) is 45.8. The maximum absolute atomic E-state index is 13.3. The summed E-state index contributed by atoms with van der Waals surface area (Å²) in [4.78, 5) is 218. The van der Waals surface area contributed by atoms with Crippen LogP contribution in [-0.2, 0) is 101 Å². The number of anilines is 3. The quantitative estimate of drug-likeness (QED) is 0.0142. The monoisotopic (exact) mass is 1870 g/mol. The second kappa shape index (κ2) is 61.3. The lowest BCUT2D eigenvalue weighted by atomic mass is 9.77. The molecule has 0 aliphatic carbocycles. The molecule has 133 heavy (non-hydrogen) atoms. The van der Waals surface area contributed by atoms with Crippen molar-refractivity contribution in [2.75, 3.05) is 42.1 Å². The summed E-state index contributed by atoms with van der Waals surface area (Å²) in [5, 5.41) is 24.0. The van der Waals surface area contributed by atoms with Crippen LogP contribution in [0.2, 0.25) is 0 Å². The maximum Gasteiger partial charge on any atom is 0.312 e. The van der Waals surface area contributed by atoms with Gasteiger partial charge in [0, 0.05) is 136 Å². The number of nitrogens with one attached hydrogen (secondary N) is 9. The van der Waals surface area contributed by atoms with E-state index < -0.39 is 81.5 Å². The summed E-state index contributed by atoms with van der Waals surface area (Å²) in [7, 11) is 0. The third-order valence-electron chi connectivity index (χ3n) is 21.8. The van der Waals surface area contributed by atoms with Gasteiger partial charge in [-0.1, -0.05) is 140 Å². The first-order valence-electron chi connectivity index (χ1n) is 46.2. The molecule has 8 atom stereocenters. The highest BCUT2D eigenvalue weighted by Crippen LogP contribution is 2.30. The molecule has 3 aromatic rings. The normalized spacial score (nSPS) is 13.1. The van der Waals surface area contributed by atoms with E-state index in [9.17, 15) is 86.3 Å². The number of Topliss-reactive ketones (excluding diaryl/α,β-unsaturated/α-hetero) is 6. The zero-order chi connectivity index (χ0) is 102. The van der Waals surface area contributed by atoms with Crippen molar-refractivity contribution in [3.8, 4) is 0 Å². The molecule has 6 unspecified atom stereocenters. The number of amides is 13. The number of rotatable bonds is 52. The van der Waals surface area contributed by atoms with Crippen molar-refractivity contribution in [2.45, 2.75) is 301 Å². The van der Waals surface area contributed by atoms with E-state index >= 15 is 0 Å². The second-order valence-corrected chi connectivity index (χ2v) is 39.2. The average molecular weight is 1870 g/mol. The summed E-state index contributed by atoms with van der Waals surface area (Å²) in [6.07, 6.45) is 4.63. The van der Waals surface area contributed by atoms with Gasteiger partial charge in [0.05, 0.1) is 28.3 Å². The zero-order valence-corrected chi connectivity index (χ0v) is 83.5. The Morgan fingerprint density at radius 2 is 0.571 bits per heavy atom. The van der Waals surface area contributed by atoms with Gasteiger partial charge < -0.3 is 85.0 Å². The fourth-order valence-corrected chi connectivity index (χ4v) is 12.6. The molecule has 0 saturated carbocycles. The minimum Gasteiger partial charge on any atom is -0.460 e. The van der Waals surface area contributed by atoms with Crippen LogP contribution in [0, 0.1) is 80.8 Å². The molecule has 0 aliphatic rings. The highest BCUT2D eigenvalue weighted by molar-refractivity contribution is 6.00. The van der Waals surface area contributed by atoms with Crippen LogP contribution in [0.4, 0.5) is 36.2 Å². The third kappa shape index (κ3) is 53.1. The predicted molar refractivity (Wildman–Crippen MR) is 514 cm³/mol. The van der Waals surface area contributed by atoms with Gasteiger partial charge in [-0.05, 0) is 190 Å². The van der Waals surface area contributed by atoms with Crippen molar-refractivity contribution in [3.63, 3.8) is 0 Å². The smallest absolute Gasteiger partial charge is 0.312 e. The Labute approximate surface area is 788 Å². The SMILES string of the molecule is CC(C)C(C)C(=O)CC(CCCNC(N)=O)C(=O)C(C)(C)C.CC(C)[C@H](C)C(=O)C[C@@H](CCCNC(N)=O)C(=O)Nc1ccc(COC(=O)C(C)(C)C)cc1.CCC(=O)CCC(=O)NC(C(=O)CC(CCCNC(N)=O)C(=O)Nc1ccc(COC(=O)C(C)(C)C)cc1)C(C)C.CCC(=O)NC(C(=O)CC(CCCNC(N)=O)C(=O)Nc1ccc(COC(=O)C(C)(C)C)cc1)C(C)C. The molecule has 0 bridgehead atoms. The van der Waals surface area contributed by atoms with E-state index in [1.54, 1.807) is 163 Å². The Morgan fingerprint density at radius 3 is 0.805 bits per heavy atom. The van der Waals surface area contributed by atoms with Gasteiger partial charge in [-0.15, -0.1) is 0 Å². The highest BCUT2D eigenvalue weighted by Gasteiger charge is 2.36. The molecule has 34 nitrogen and oxygen atoms in total. The van der Waals surface area contributed by atoms with E-state index in [0.717, 1.165) is 16.7 Å². The van der Waals surface area contributed by atoms with Crippen LogP contribution in [0.1, 0.15) is 286 Å². The molecule has 0 fully saturated rings. The van der Waals surface area contributed by atoms with E-state index in [2.05, 4.69) is 47.9 Å². The number of primary amides is 4. The molecule has 0 saturated heterocycles. The summed E-state index contributed by atoms with van der Waals surface area (Å²) in [5.41, 5.74) is 22.0. The first-order valence-corrected chi connectivity index (χ1v) is 46.2. The van der Waals surface area contributed by atoms with E-state index in [-0.39, 0.29) is 196 Å². The van der Waals surface area contributed by atoms with Crippen LogP contribution >= 0.6 is 0 Å². The van der Waals surface area contributed by atoms with Crippen LogP contribution in [0.25, 0.3) is 0 Å². The lowest BCUT2D eigenvalue weighted by molar-refractivity contribution is -0.155. The van der Waals surface area contributed by atoms with Crippen molar-refractivity contribution in [2.24, 2.45) is 104 Å². The van der Waals surface area contributed by atoms with Crippen LogP contribution in [-0.4, -0.2) is 145 Å². The lowest BCUT2D eigenvalue weighted by Gasteiger charge is -2.26. The molecule has 34 heteroatoms. The average Bonchev–Trinajstić information content (AvgIpc) is 0.860.